The molecule has 0 saturated carbocycles. The van der Waals surface area contributed by atoms with E-state index in [-0.39, 0.29) is 64.2 Å². The third-order valence-corrected chi connectivity index (χ3v) is 7.30. The molecule has 4 heterocycles. The van der Waals surface area contributed by atoms with Crippen molar-refractivity contribution in [2.75, 3.05) is 0 Å². The fourth-order valence-corrected chi connectivity index (χ4v) is 5.23. The zero-order valence-electron chi connectivity index (χ0n) is 38.3. The summed E-state index contributed by atoms with van der Waals surface area (Å²) in [4.78, 5) is 12.6. The first-order chi connectivity index (χ1) is 27.4. The van der Waals surface area contributed by atoms with Crippen LogP contribution in [0.1, 0.15) is 48.5 Å². The maximum atomic E-state index is 8.34. The molecule has 0 N–H and O–H groups in total. The Balaban J connectivity index is 0.000000264. The largest absolute Gasteiger partial charge is 0.500 e. The Kier molecular flexibility index (Phi) is 4.70. The number of rotatable bonds is 3. The van der Waals surface area contributed by atoms with Crippen LogP contribution in [0.2, 0.25) is 0 Å². The summed E-state index contributed by atoms with van der Waals surface area (Å²) in [7, 11) is 0. The van der Waals surface area contributed by atoms with Crippen molar-refractivity contribution in [3.63, 3.8) is 0 Å². The van der Waals surface area contributed by atoms with Crippen LogP contribution in [0, 0.1) is 46.4 Å². The smallest absolute Gasteiger partial charge is 0.124 e. The molecule has 0 bridgehead atoms. The average Bonchev–Trinajstić information content (AvgIpc) is 3.55. The molecule has 8 rings (SSSR count). The van der Waals surface area contributed by atoms with Gasteiger partial charge in [0.15, 0.2) is 0 Å². The minimum Gasteiger partial charge on any atom is -0.500 e. The summed E-state index contributed by atoms with van der Waals surface area (Å²) >= 11 is 0. The molecule has 0 unspecified atom stereocenters. The molecule has 0 aliphatic heterocycles. The number of nitrogens with zero attached hydrogens (tertiary/aromatic N) is 3. The molecular formula is C40H31IrN3O-2. The summed E-state index contributed by atoms with van der Waals surface area (Å²) < 4.78 is 126. The molecule has 0 aliphatic rings. The van der Waals surface area contributed by atoms with E-state index in [4.69, 9.17) is 25.0 Å². The number of hydrogen-bond donors (Lipinski definition) is 0. The molecule has 4 aromatic carbocycles. The summed E-state index contributed by atoms with van der Waals surface area (Å²) in [5.41, 5.74) is 0.728. The monoisotopic (exact) mass is 777 g/mol. The van der Waals surface area contributed by atoms with Gasteiger partial charge in [0.1, 0.15) is 5.58 Å². The van der Waals surface area contributed by atoms with Gasteiger partial charge >= 0.3 is 0 Å². The third kappa shape index (κ3) is 5.54. The minimum atomic E-state index is -3.11. The van der Waals surface area contributed by atoms with Crippen LogP contribution in [0.5, 0.6) is 0 Å². The summed E-state index contributed by atoms with van der Waals surface area (Å²) in [6.45, 7) is -14.7. The topological polar surface area (TPSA) is 51.8 Å². The molecule has 0 amide bonds. The van der Waals surface area contributed by atoms with Gasteiger partial charge in [-0.3, -0.25) is 4.98 Å². The Bertz CT molecular complexity index is 2760. The van der Waals surface area contributed by atoms with Crippen molar-refractivity contribution < 1.29 is 45.1 Å². The van der Waals surface area contributed by atoms with Gasteiger partial charge in [0, 0.05) is 70.2 Å². The number of furan rings is 1. The first-order valence-electron chi connectivity index (χ1n) is 21.0. The fraction of sp³-hybridized carbons (Fsp3) is 0.125. The predicted molar refractivity (Wildman–Crippen MR) is 180 cm³/mol. The summed E-state index contributed by atoms with van der Waals surface area (Å²) in [5.74, 6) is 0. The molecule has 4 aromatic heterocycles. The molecule has 0 fully saturated rings. The van der Waals surface area contributed by atoms with Crippen molar-refractivity contribution in [1.82, 2.24) is 15.0 Å². The second kappa shape index (κ2) is 12.4. The molecule has 223 valence electrons. The Hall–Kier alpha value is -4.70. The van der Waals surface area contributed by atoms with E-state index in [1.54, 1.807) is 0 Å². The number of pyridine rings is 3. The Labute approximate surface area is 298 Å². The van der Waals surface area contributed by atoms with Crippen molar-refractivity contribution in [2.45, 2.75) is 34.3 Å². The molecule has 8 aromatic rings. The van der Waals surface area contributed by atoms with E-state index in [9.17, 15) is 0 Å². The minimum absolute atomic E-state index is 0. The van der Waals surface area contributed by atoms with Crippen molar-refractivity contribution in [3.05, 3.63) is 137 Å². The van der Waals surface area contributed by atoms with Crippen LogP contribution in [0.25, 0.3) is 66.5 Å². The maximum Gasteiger partial charge on any atom is 0.124 e. The summed E-state index contributed by atoms with van der Waals surface area (Å²) in [6, 6.07) is 31.8. The van der Waals surface area contributed by atoms with Crippen LogP contribution in [0.15, 0.2) is 102 Å². The molecule has 5 heteroatoms. The van der Waals surface area contributed by atoms with E-state index in [2.05, 4.69) is 45.3 Å². The quantitative estimate of drug-likeness (QED) is 0.132. The second-order valence-corrected chi connectivity index (χ2v) is 10.0. The first-order valence-corrected chi connectivity index (χ1v) is 13.5. The van der Waals surface area contributed by atoms with Gasteiger partial charge in [-0.2, -0.15) is 0 Å². The van der Waals surface area contributed by atoms with Crippen LogP contribution >= 0.6 is 0 Å². The van der Waals surface area contributed by atoms with Crippen LogP contribution < -0.4 is 0 Å². The Morgan fingerprint density at radius 3 is 2.33 bits per heavy atom. The normalized spacial score (nSPS) is 17.4. The number of aromatic nitrogens is 3. The number of aryl methyl sites for hydroxylation is 5. The van der Waals surface area contributed by atoms with Crippen molar-refractivity contribution in [1.29, 1.82) is 0 Å². The number of hydrogen-bond acceptors (Lipinski definition) is 4. The van der Waals surface area contributed by atoms with E-state index in [1.807, 2.05) is 54.7 Å². The summed E-state index contributed by atoms with van der Waals surface area (Å²) in [6.07, 6.45) is 2.71. The molecule has 0 aliphatic carbocycles. The molecule has 0 saturated heterocycles. The average molecular weight is 777 g/mol. The second-order valence-electron chi connectivity index (χ2n) is 10.0. The molecule has 1 radical (unpaired) electrons. The van der Waals surface area contributed by atoms with Gasteiger partial charge < -0.3 is 14.4 Å². The first kappa shape index (κ1) is 17.1. The Morgan fingerprint density at radius 1 is 0.689 bits per heavy atom. The number of benzene rings is 4. The maximum absolute atomic E-state index is 8.34. The van der Waals surface area contributed by atoms with E-state index in [0.29, 0.717) is 0 Å². The van der Waals surface area contributed by atoms with Crippen molar-refractivity contribution in [3.8, 4) is 33.6 Å². The van der Waals surface area contributed by atoms with Crippen LogP contribution in [-0.2, 0) is 20.1 Å². The predicted octanol–water partition coefficient (Wildman–Crippen LogP) is 10.2. The van der Waals surface area contributed by atoms with Gasteiger partial charge in [0.25, 0.3) is 0 Å². The van der Waals surface area contributed by atoms with E-state index < -0.39 is 62.2 Å². The fourth-order valence-electron chi connectivity index (χ4n) is 5.23. The molecular weight excluding hydrogens is 731 g/mol. The molecule has 0 atom stereocenters. The molecule has 4 nitrogen and oxygen atoms in total. The zero-order chi connectivity index (χ0) is 42.9. The van der Waals surface area contributed by atoms with E-state index in [1.165, 1.54) is 17.2 Å². The van der Waals surface area contributed by atoms with Crippen LogP contribution in [0.4, 0.5) is 0 Å². The van der Waals surface area contributed by atoms with Gasteiger partial charge in [0.2, 0.25) is 0 Å². The van der Waals surface area contributed by atoms with Gasteiger partial charge in [-0.15, -0.1) is 53.6 Å². The summed E-state index contributed by atoms with van der Waals surface area (Å²) in [5, 5.41) is -0.0222. The van der Waals surface area contributed by atoms with Gasteiger partial charge in [-0.25, -0.2) is 0 Å². The van der Waals surface area contributed by atoms with Gasteiger partial charge in [0.05, 0.1) is 11.1 Å². The third-order valence-electron chi connectivity index (χ3n) is 7.30. The van der Waals surface area contributed by atoms with Crippen LogP contribution in [-0.4, -0.2) is 15.0 Å². The molecule has 45 heavy (non-hydrogen) atoms. The molecule has 0 spiro atoms. The van der Waals surface area contributed by atoms with Crippen molar-refractivity contribution >= 4 is 32.8 Å². The standard InChI is InChI=1S/C23H19N2O.C17H12N.Ir/c1-11-8-17(24-10-12(11)2)16-6-7-18-21-20(16)14(4)15(5)23-22(21)19(26-18)9-13(3)25-23;1-3-7-14(8-4-1)16-11-12-18-17(13-16)15-9-5-2-6-10-15;/h7-10H,1-5H3;1-9,11-13H;/q2*-1;/i1D3,2D3,3D3,4D3,5D3;;. The zero-order valence-corrected chi connectivity index (χ0v) is 25.7. The van der Waals surface area contributed by atoms with Crippen molar-refractivity contribution in [2.24, 2.45) is 0 Å². The SMILES string of the molecule is [2H]C([2H])([2H])c1cc2oc3c[c-]c(-c4cc(C([2H])([2H])[2H])c(C([2H])([2H])[2H])cn4)c4c(C([2H])([2H])[2H])c(C([2H])([2H])[2H])c(n1)c2c34.[Ir].[c-]1ccccc1-c1cc(-c2ccccc2)ccn1. The van der Waals surface area contributed by atoms with Gasteiger partial charge in [-0.05, 0) is 79.4 Å². The van der Waals surface area contributed by atoms with E-state index >= 15 is 0 Å². The Morgan fingerprint density at radius 2 is 1.56 bits per heavy atom. The van der Waals surface area contributed by atoms with Gasteiger partial charge in [-0.1, -0.05) is 59.0 Å². The van der Waals surface area contributed by atoms with E-state index in [0.717, 1.165) is 29.6 Å². The van der Waals surface area contributed by atoms with Crippen LogP contribution in [0.3, 0.4) is 0 Å².